The van der Waals surface area contributed by atoms with Gasteiger partial charge in [0.2, 0.25) is 5.75 Å². The molecule has 0 spiro atoms. The lowest BCUT2D eigenvalue weighted by Crippen LogP contribution is -2.43. The summed E-state index contributed by atoms with van der Waals surface area (Å²) >= 11 is 0. The van der Waals surface area contributed by atoms with E-state index < -0.39 is 17.5 Å². The van der Waals surface area contributed by atoms with Crippen LogP contribution in [0.15, 0.2) is 102 Å². The summed E-state index contributed by atoms with van der Waals surface area (Å²) in [5.41, 5.74) is 2.00. The van der Waals surface area contributed by atoms with Crippen molar-refractivity contribution in [2.75, 3.05) is 21.3 Å². The summed E-state index contributed by atoms with van der Waals surface area (Å²) in [5, 5.41) is 15.5. The van der Waals surface area contributed by atoms with Gasteiger partial charge in [-0.15, -0.1) is 0 Å². The van der Waals surface area contributed by atoms with Crippen LogP contribution in [0, 0.1) is 0 Å². The van der Waals surface area contributed by atoms with Crippen LogP contribution >= 0.6 is 0 Å². The molecule has 0 radical (unpaired) electrons. The lowest BCUT2D eigenvalue weighted by atomic mass is 9.85. The molecule has 40 heavy (non-hydrogen) atoms. The number of nitrogens with zero attached hydrogens (tertiary/aromatic N) is 1. The Morgan fingerprint density at radius 3 is 1.88 bits per heavy atom. The molecule has 0 unspecified atom stereocenters. The number of methoxy groups -OCH3 is 3. The molecule has 0 heterocycles. The van der Waals surface area contributed by atoms with E-state index in [0.29, 0.717) is 33.9 Å². The lowest BCUT2D eigenvalue weighted by Gasteiger charge is -2.27. The van der Waals surface area contributed by atoms with Crippen molar-refractivity contribution in [1.29, 1.82) is 0 Å². The number of hydrogen-bond donors (Lipinski definition) is 2. The molecular weight excluding hydrogens is 512 g/mol. The van der Waals surface area contributed by atoms with E-state index in [0.717, 1.165) is 0 Å². The Bertz CT molecular complexity index is 1440. The van der Waals surface area contributed by atoms with Crippen molar-refractivity contribution in [2.45, 2.75) is 5.60 Å². The van der Waals surface area contributed by atoms with Crippen LogP contribution in [-0.4, -0.2) is 44.5 Å². The minimum Gasteiger partial charge on any atom is -0.493 e. The number of carbonyl (C=O) groups is 2. The van der Waals surface area contributed by atoms with Crippen molar-refractivity contribution < 1.29 is 33.6 Å². The topological polar surface area (TPSA) is 116 Å². The van der Waals surface area contributed by atoms with Gasteiger partial charge in [0, 0.05) is 0 Å². The van der Waals surface area contributed by atoms with Gasteiger partial charge in [0.05, 0.1) is 33.1 Å². The van der Waals surface area contributed by atoms with E-state index in [9.17, 15) is 14.7 Å². The fraction of sp³-hybridized carbons (Fsp3) is 0.129. The van der Waals surface area contributed by atoms with E-state index in [-0.39, 0.29) is 11.3 Å². The van der Waals surface area contributed by atoms with E-state index in [2.05, 4.69) is 10.5 Å². The first-order valence-electron chi connectivity index (χ1n) is 12.2. The first kappa shape index (κ1) is 27.9. The molecule has 0 bridgehead atoms. The van der Waals surface area contributed by atoms with Crippen molar-refractivity contribution in [2.24, 2.45) is 5.10 Å². The van der Waals surface area contributed by atoms with Gasteiger partial charge >= 0.3 is 5.97 Å². The molecule has 0 atom stereocenters. The van der Waals surface area contributed by atoms with Gasteiger partial charge in [-0.1, -0.05) is 72.8 Å². The van der Waals surface area contributed by atoms with Crippen molar-refractivity contribution in [3.05, 3.63) is 119 Å². The van der Waals surface area contributed by atoms with E-state index in [1.165, 1.54) is 39.7 Å². The molecule has 2 N–H and O–H groups in total. The summed E-state index contributed by atoms with van der Waals surface area (Å²) in [4.78, 5) is 26.1. The maximum atomic E-state index is 13.2. The zero-order chi connectivity index (χ0) is 28.5. The van der Waals surface area contributed by atoms with Crippen LogP contribution in [0.4, 0.5) is 0 Å². The lowest BCUT2D eigenvalue weighted by molar-refractivity contribution is -0.136. The summed E-state index contributed by atoms with van der Waals surface area (Å²) in [6, 6.07) is 26.8. The fourth-order valence-electron chi connectivity index (χ4n) is 4.06. The number of carbonyl (C=O) groups excluding carboxylic acids is 2. The molecule has 9 nitrogen and oxygen atoms in total. The van der Waals surface area contributed by atoms with Gasteiger partial charge in [0.1, 0.15) is 5.75 Å². The average molecular weight is 541 g/mol. The number of benzene rings is 4. The number of aliphatic hydroxyl groups is 1. The van der Waals surface area contributed by atoms with Crippen LogP contribution in [0.5, 0.6) is 23.0 Å². The van der Waals surface area contributed by atoms with Crippen molar-refractivity contribution in [3.63, 3.8) is 0 Å². The van der Waals surface area contributed by atoms with Crippen LogP contribution < -0.4 is 24.4 Å². The van der Waals surface area contributed by atoms with Crippen molar-refractivity contribution in [3.8, 4) is 23.0 Å². The molecule has 204 valence electrons. The molecule has 4 aromatic rings. The summed E-state index contributed by atoms with van der Waals surface area (Å²) < 4.78 is 21.4. The zero-order valence-corrected chi connectivity index (χ0v) is 22.2. The third-order valence-corrected chi connectivity index (χ3v) is 6.06. The largest absolute Gasteiger partial charge is 0.493 e. The monoisotopic (exact) mass is 540 g/mol. The zero-order valence-electron chi connectivity index (χ0n) is 22.2. The van der Waals surface area contributed by atoms with Crippen molar-refractivity contribution >= 4 is 18.1 Å². The number of hydrogen-bond acceptors (Lipinski definition) is 8. The number of amides is 1. The highest BCUT2D eigenvalue weighted by molar-refractivity contribution is 5.93. The van der Waals surface area contributed by atoms with Crippen LogP contribution in [0.1, 0.15) is 27.0 Å². The molecule has 4 aromatic carbocycles. The summed E-state index contributed by atoms with van der Waals surface area (Å²) in [6.45, 7) is 0. The molecule has 4 rings (SSSR count). The third kappa shape index (κ3) is 5.95. The van der Waals surface area contributed by atoms with Gasteiger partial charge in [0.15, 0.2) is 17.1 Å². The van der Waals surface area contributed by atoms with E-state index in [1.807, 2.05) is 0 Å². The second kappa shape index (κ2) is 12.6. The van der Waals surface area contributed by atoms with E-state index in [1.54, 1.807) is 84.9 Å². The SMILES string of the molecule is COc1cc(C(=O)Oc2cccc(/C=N\NC(=O)C(O)(c3ccccc3)c3ccccc3)c2)cc(OC)c1OC. The number of nitrogens with one attached hydrogen (secondary N) is 1. The number of esters is 1. The van der Waals surface area contributed by atoms with Crippen LogP contribution in [0.25, 0.3) is 0 Å². The Hall–Kier alpha value is -5.15. The van der Waals surface area contributed by atoms with Crippen LogP contribution in [-0.2, 0) is 10.4 Å². The smallest absolute Gasteiger partial charge is 0.343 e. The molecular formula is C31H28N2O7. The Morgan fingerprint density at radius 1 is 0.775 bits per heavy atom. The average Bonchev–Trinajstić information content (AvgIpc) is 3.00. The van der Waals surface area contributed by atoms with Gasteiger partial charge in [-0.25, -0.2) is 10.2 Å². The fourth-order valence-corrected chi connectivity index (χ4v) is 4.06. The minimum absolute atomic E-state index is 0.196. The van der Waals surface area contributed by atoms with E-state index >= 15 is 0 Å². The summed E-state index contributed by atoms with van der Waals surface area (Å²) in [7, 11) is 4.38. The van der Waals surface area contributed by atoms with Gasteiger partial charge in [-0.05, 0) is 41.0 Å². The Balaban J connectivity index is 1.50. The van der Waals surface area contributed by atoms with Crippen molar-refractivity contribution in [1.82, 2.24) is 5.43 Å². The highest BCUT2D eigenvalue weighted by Gasteiger charge is 2.39. The number of hydrazone groups is 1. The predicted octanol–water partition coefficient (Wildman–Crippen LogP) is 4.32. The maximum absolute atomic E-state index is 13.2. The van der Waals surface area contributed by atoms with Gasteiger partial charge in [-0.2, -0.15) is 5.10 Å². The molecule has 1 amide bonds. The molecule has 0 aromatic heterocycles. The number of ether oxygens (including phenoxy) is 4. The molecule has 0 aliphatic carbocycles. The minimum atomic E-state index is -1.96. The summed E-state index contributed by atoms with van der Waals surface area (Å²) in [5.74, 6) is -0.135. The maximum Gasteiger partial charge on any atom is 0.343 e. The first-order chi connectivity index (χ1) is 19.4. The third-order valence-electron chi connectivity index (χ3n) is 6.06. The van der Waals surface area contributed by atoms with Crippen LogP contribution in [0.2, 0.25) is 0 Å². The molecule has 9 heteroatoms. The molecule has 0 aliphatic heterocycles. The quantitative estimate of drug-likeness (QED) is 0.133. The van der Waals surface area contributed by atoms with Gasteiger partial charge in [-0.3, -0.25) is 4.79 Å². The first-order valence-corrected chi connectivity index (χ1v) is 12.2. The van der Waals surface area contributed by atoms with E-state index in [4.69, 9.17) is 18.9 Å². The molecule has 0 aliphatic rings. The highest BCUT2D eigenvalue weighted by Crippen LogP contribution is 2.38. The Kier molecular flexibility index (Phi) is 8.78. The normalized spacial score (nSPS) is 11.1. The van der Waals surface area contributed by atoms with Gasteiger partial charge in [0.25, 0.3) is 5.91 Å². The standard InChI is InChI=1S/C31H28N2O7/c1-37-26-18-22(19-27(38-2)28(26)39-3)29(34)40-25-16-10-11-21(17-25)20-32-33-30(35)31(36,23-12-6-4-7-13-23)24-14-8-5-9-15-24/h4-20,36H,1-3H3,(H,33,35)/b32-20-. The van der Waals surface area contributed by atoms with Crippen LogP contribution in [0.3, 0.4) is 0 Å². The Morgan fingerprint density at radius 2 is 1.35 bits per heavy atom. The highest BCUT2D eigenvalue weighted by atomic mass is 16.5. The predicted molar refractivity (Wildman–Crippen MR) is 149 cm³/mol. The second-order valence-electron chi connectivity index (χ2n) is 8.52. The number of rotatable bonds is 10. The second-order valence-corrected chi connectivity index (χ2v) is 8.52. The summed E-state index contributed by atoms with van der Waals surface area (Å²) in [6.07, 6.45) is 1.38. The molecule has 0 saturated carbocycles. The Labute approximate surface area is 231 Å². The van der Waals surface area contributed by atoms with Gasteiger partial charge < -0.3 is 24.1 Å². The molecule has 0 fully saturated rings. The molecule has 0 saturated heterocycles.